The summed E-state index contributed by atoms with van der Waals surface area (Å²) in [7, 11) is 0. The lowest BCUT2D eigenvalue weighted by atomic mass is 9.83. The van der Waals surface area contributed by atoms with E-state index in [1.54, 1.807) is 12.1 Å². The van der Waals surface area contributed by atoms with Crippen LogP contribution in [0.25, 0.3) is 0 Å². The Labute approximate surface area is 196 Å². The van der Waals surface area contributed by atoms with Gasteiger partial charge in [0.1, 0.15) is 25.4 Å². The van der Waals surface area contributed by atoms with Gasteiger partial charge in [-0.05, 0) is 45.8 Å². The van der Waals surface area contributed by atoms with E-state index in [9.17, 15) is 9.90 Å². The molecule has 5 heterocycles. The fourth-order valence-electron chi connectivity index (χ4n) is 5.11. The number of quaternary nitrogens is 1. The number of piperidine rings is 3. The van der Waals surface area contributed by atoms with Crippen molar-refractivity contribution in [2.24, 2.45) is 5.92 Å². The van der Waals surface area contributed by atoms with E-state index >= 15 is 0 Å². The van der Waals surface area contributed by atoms with E-state index in [1.807, 2.05) is 51.9 Å². The molecule has 0 amide bonds. The maximum atomic E-state index is 13.4. The van der Waals surface area contributed by atoms with Gasteiger partial charge >= 0.3 is 5.97 Å². The van der Waals surface area contributed by atoms with Crippen LogP contribution in [0.1, 0.15) is 24.0 Å². The number of rotatable bonds is 8. The molecule has 3 aliphatic heterocycles. The Morgan fingerprint density at radius 3 is 2.28 bits per heavy atom. The Bertz CT molecular complexity index is 977. The van der Waals surface area contributed by atoms with Gasteiger partial charge in [-0.2, -0.15) is 22.7 Å². The lowest BCUT2D eigenvalue weighted by Gasteiger charge is -2.52. The van der Waals surface area contributed by atoms with Crippen LogP contribution in [-0.4, -0.2) is 54.4 Å². The van der Waals surface area contributed by atoms with Gasteiger partial charge in [0.05, 0.1) is 13.1 Å². The van der Waals surface area contributed by atoms with Crippen molar-refractivity contribution in [3.8, 4) is 5.75 Å². The number of esters is 1. The first-order valence-corrected chi connectivity index (χ1v) is 13.0. The fourth-order valence-corrected chi connectivity index (χ4v) is 6.51. The number of hydrogen-bond donors (Lipinski definition) is 1. The molecule has 0 saturated carbocycles. The molecule has 5 nitrogen and oxygen atoms in total. The average Bonchev–Trinajstić information content (AvgIpc) is 3.55. The topological polar surface area (TPSA) is 55.8 Å². The van der Waals surface area contributed by atoms with Gasteiger partial charge in [0, 0.05) is 29.9 Å². The van der Waals surface area contributed by atoms with Gasteiger partial charge in [-0.1, -0.05) is 18.2 Å². The normalized spacial score (nSPS) is 24.9. The van der Waals surface area contributed by atoms with Crippen LogP contribution in [0.4, 0.5) is 0 Å². The van der Waals surface area contributed by atoms with Crippen LogP contribution in [0, 0.1) is 5.92 Å². The molecule has 1 unspecified atom stereocenters. The third-order valence-electron chi connectivity index (χ3n) is 7.05. The zero-order valence-corrected chi connectivity index (χ0v) is 19.5. The molecular formula is C25H28NO4S2+. The second-order valence-corrected chi connectivity index (χ2v) is 10.4. The summed E-state index contributed by atoms with van der Waals surface area (Å²) < 4.78 is 13.0. The van der Waals surface area contributed by atoms with Gasteiger partial charge in [0.25, 0.3) is 0 Å². The van der Waals surface area contributed by atoms with Gasteiger partial charge in [0.15, 0.2) is 6.10 Å². The van der Waals surface area contributed by atoms with Crippen LogP contribution in [0.15, 0.2) is 64.0 Å². The molecule has 2 aromatic heterocycles. The van der Waals surface area contributed by atoms with Crippen molar-refractivity contribution in [2.45, 2.75) is 24.5 Å². The first kappa shape index (κ1) is 21.6. The zero-order valence-electron chi connectivity index (χ0n) is 17.9. The molecule has 3 saturated heterocycles. The molecular weight excluding hydrogens is 442 g/mol. The third kappa shape index (κ3) is 4.10. The first-order chi connectivity index (χ1) is 15.6. The molecule has 6 rings (SSSR count). The minimum Gasteiger partial charge on any atom is -0.488 e. The molecule has 2 bridgehead atoms. The summed E-state index contributed by atoms with van der Waals surface area (Å²) >= 11 is 2.93. The number of fused-ring (bicyclic) bond motifs is 3. The maximum Gasteiger partial charge on any atom is 0.348 e. The SMILES string of the molecule is O=C(OC1C[N+]2(CCOc3ccccc3)CCC1CC2)C(O)(c1ccsc1)c1ccsc1. The van der Waals surface area contributed by atoms with E-state index in [0.29, 0.717) is 23.7 Å². The molecule has 0 spiro atoms. The van der Waals surface area contributed by atoms with Crippen LogP contribution in [0.3, 0.4) is 0 Å². The number of benzene rings is 1. The smallest absolute Gasteiger partial charge is 0.348 e. The van der Waals surface area contributed by atoms with Crippen molar-refractivity contribution in [1.29, 1.82) is 0 Å². The van der Waals surface area contributed by atoms with Crippen molar-refractivity contribution >= 4 is 28.6 Å². The van der Waals surface area contributed by atoms with Crippen molar-refractivity contribution in [3.63, 3.8) is 0 Å². The molecule has 0 radical (unpaired) electrons. The maximum absolute atomic E-state index is 13.4. The number of nitrogens with zero attached hydrogens (tertiary/aromatic N) is 1. The van der Waals surface area contributed by atoms with E-state index in [0.717, 1.165) is 49.3 Å². The quantitative estimate of drug-likeness (QED) is 0.395. The van der Waals surface area contributed by atoms with Gasteiger partial charge < -0.3 is 19.1 Å². The second-order valence-electron chi connectivity index (χ2n) is 8.87. The Hall–Kier alpha value is -2.19. The van der Waals surface area contributed by atoms with E-state index in [4.69, 9.17) is 9.47 Å². The standard InChI is InChI=1S/C25H28NO4S2/c27-24(25(28,20-8-14-31-17-20)21-9-15-32-18-21)30-23-16-26(10-6-19(23)7-11-26)12-13-29-22-4-2-1-3-5-22/h1-5,8-9,14-15,17-19,23,28H,6-7,10-13,16H2/q+1. The van der Waals surface area contributed by atoms with Crippen LogP contribution in [0.5, 0.6) is 5.75 Å². The lowest BCUT2D eigenvalue weighted by molar-refractivity contribution is -0.946. The minimum atomic E-state index is -1.76. The molecule has 1 atom stereocenters. The summed E-state index contributed by atoms with van der Waals surface area (Å²) in [4.78, 5) is 13.4. The van der Waals surface area contributed by atoms with E-state index < -0.39 is 11.6 Å². The number of thiophene rings is 2. The number of hydrogen-bond acceptors (Lipinski definition) is 6. The number of ether oxygens (including phenoxy) is 2. The summed E-state index contributed by atoms with van der Waals surface area (Å²) in [5.74, 6) is 0.687. The minimum absolute atomic E-state index is 0.175. The van der Waals surface area contributed by atoms with Crippen molar-refractivity contribution in [2.75, 3.05) is 32.8 Å². The van der Waals surface area contributed by atoms with E-state index in [1.165, 1.54) is 22.7 Å². The van der Waals surface area contributed by atoms with Crippen LogP contribution in [0.2, 0.25) is 0 Å². The highest BCUT2D eigenvalue weighted by Gasteiger charge is 2.50. The first-order valence-electron chi connectivity index (χ1n) is 11.1. The molecule has 168 valence electrons. The summed E-state index contributed by atoms with van der Waals surface area (Å²) in [6, 6.07) is 13.5. The monoisotopic (exact) mass is 470 g/mol. The van der Waals surface area contributed by atoms with Crippen LogP contribution >= 0.6 is 22.7 Å². The highest BCUT2D eigenvalue weighted by Crippen LogP contribution is 2.39. The summed E-state index contributed by atoms with van der Waals surface area (Å²) in [6.45, 7) is 4.52. The lowest BCUT2D eigenvalue weighted by Crippen LogP contribution is -2.65. The molecule has 3 fully saturated rings. The molecule has 0 aliphatic carbocycles. The molecule has 3 aliphatic rings. The Kier molecular flexibility index (Phi) is 6.07. The predicted octanol–water partition coefficient (Wildman–Crippen LogP) is 4.28. The molecule has 32 heavy (non-hydrogen) atoms. The summed E-state index contributed by atoms with van der Waals surface area (Å²) in [5, 5.41) is 18.9. The van der Waals surface area contributed by atoms with Crippen molar-refractivity contribution in [1.82, 2.24) is 0 Å². The molecule has 1 N–H and O–H groups in total. The number of carbonyl (C=O) groups is 1. The van der Waals surface area contributed by atoms with Gasteiger partial charge in [0.2, 0.25) is 5.60 Å². The zero-order chi connectivity index (χ0) is 22.0. The van der Waals surface area contributed by atoms with Crippen LogP contribution < -0.4 is 4.74 Å². The number of carbonyl (C=O) groups excluding carboxylic acids is 1. The number of para-hydroxylation sites is 1. The highest BCUT2D eigenvalue weighted by molar-refractivity contribution is 7.08. The van der Waals surface area contributed by atoms with E-state index in [-0.39, 0.29) is 6.10 Å². The predicted molar refractivity (Wildman–Crippen MR) is 126 cm³/mol. The van der Waals surface area contributed by atoms with Crippen molar-refractivity contribution in [3.05, 3.63) is 75.1 Å². The largest absolute Gasteiger partial charge is 0.488 e. The average molecular weight is 471 g/mol. The summed E-state index contributed by atoms with van der Waals surface area (Å²) in [6.07, 6.45) is 1.91. The van der Waals surface area contributed by atoms with Gasteiger partial charge in [-0.15, -0.1) is 0 Å². The summed E-state index contributed by atoms with van der Waals surface area (Å²) in [5.41, 5.74) is -0.604. The van der Waals surface area contributed by atoms with Gasteiger partial charge in [-0.25, -0.2) is 4.79 Å². The van der Waals surface area contributed by atoms with E-state index in [2.05, 4.69) is 0 Å². The third-order valence-corrected chi connectivity index (χ3v) is 8.42. The number of aliphatic hydroxyl groups is 1. The Morgan fingerprint density at radius 1 is 1.03 bits per heavy atom. The fraction of sp³-hybridized carbons (Fsp3) is 0.400. The molecule has 7 heteroatoms. The Morgan fingerprint density at radius 2 is 1.69 bits per heavy atom. The highest BCUT2D eigenvalue weighted by atomic mass is 32.1. The molecule has 3 aromatic rings. The van der Waals surface area contributed by atoms with Gasteiger partial charge in [-0.3, -0.25) is 0 Å². The second kappa shape index (κ2) is 8.98. The van der Waals surface area contributed by atoms with Crippen LogP contribution in [-0.2, 0) is 15.1 Å². The molecule has 1 aromatic carbocycles. The Balaban J connectivity index is 1.28. The van der Waals surface area contributed by atoms with Crippen molar-refractivity contribution < 1.29 is 23.9 Å².